The number of rotatable bonds is 8. The van der Waals surface area contributed by atoms with Crippen molar-refractivity contribution >= 4 is 5.91 Å². The van der Waals surface area contributed by atoms with Gasteiger partial charge in [0.1, 0.15) is 5.56 Å². The Labute approximate surface area is 171 Å². The van der Waals surface area contributed by atoms with Crippen LogP contribution in [0.1, 0.15) is 23.1 Å². The van der Waals surface area contributed by atoms with E-state index < -0.39 is 23.3 Å². The summed E-state index contributed by atoms with van der Waals surface area (Å²) in [6.45, 7) is 5.61. The van der Waals surface area contributed by atoms with E-state index >= 15 is 0 Å². The van der Waals surface area contributed by atoms with E-state index in [0.717, 1.165) is 17.7 Å². The second-order valence-electron chi connectivity index (χ2n) is 7.14. The third-order valence-electron chi connectivity index (χ3n) is 4.65. The van der Waals surface area contributed by atoms with Crippen molar-refractivity contribution in [2.75, 3.05) is 39.4 Å². The number of nitrogens with one attached hydrogen (secondary N) is 1. The predicted molar refractivity (Wildman–Crippen MR) is 104 cm³/mol. The van der Waals surface area contributed by atoms with E-state index in [1.165, 1.54) is 22.6 Å². The molecule has 0 saturated carbocycles. The number of nitrogens with zero attached hydrogens (tertiary/aromatic N) is 7. The number of ether oxygens (including phenoxy) is 1. The zero-order chi connectivity index (χ0) is 21.7. The fraction of sp³-hybridized carbons (Fsp3) is 0.647. The van der Waals surface area contributed by atoms with Crippen molar-refractivity contribution in [3.63, 3.8) is 0 Å². The number of aromatic nitrogens is 6. The van der Waals surface area contributed by atoms with Crippen LogP contribution < -0.4 is 16.6 Å². The summed E-state index contributed by atoms with van der Waals surface area (Å²) in [4.78, 5) is 40.8. The van der Waals surface area contributed by atoms with Gasteiger partial charge in [0.25, 0.3) is 11.5 Å². The fourth-order valence-corrected chi connectivity index (χ4v) is 3.05. The van der Waals surface area contributed by atoms with Crippen LogP contribution in [0.2, 0.25) is 0 Å². The average Bonchev–Trinajstić information content (AvgIpc) is 3.15. The van der Waals surface area contributed by atoms with Gasteiger partial charge in [0.15, 0.2) is 5.82 Å². The lowest BCUT2D eigenvalue weighted by atomic mass is 10.3. The van der Waals surface area contributed by atoms with Crippen molar-refractivity contribution in [3.05, 3.63) is 38.4 Å². The summed E-state index contributed by atoms with van der Waals surface area (Å²) in [5.74, 6) is -0.335. The minimum Gasteiger partial charge on any atom is -0.391 e. The topological polar surface area (TPSA) is 149 Å². The molecule has 1 amide bonds. The van der Waals surface area contributed by atoms with Gasteiger partial charge in [-0.25, -0.2) is 4.79 Å². The number of hydrogen-bond acceptors (Lipinski definition) is 9. The van der Waals surface area contributed by atoms with Gasteiger partial charge in [-0.15, -0.1) is 10.2 Å². The molecule has 2 aromatic rings. The van der Waals surface area contributed by atoms with Gasteiger partial charge in [-0.05, 0) is 12.1 Å². The number of hydrogen-bond donors (Lipinski definition) is 2. The Hall–Kier alpha value is -2.90. The summed E-state index contributed by atoms with van der Waals surface area (Å²) in [5.41, 5.74) is -1.42. The highest BCUT2D eigenvalue weighted by molar-refractivity contribution is 5.93. The molecule has 2 aromatic heterocycles. The maximum atomic E-state index is 12.5. The van der Waals surface area contributed by atoms with Crippen LogP contribution in [-0.2, 0) is 24.9 Å². The van der Waals surface area contributed by atoms with E-state index in [2.05, 4.69) is 25.6 Å². The van der Waals surface area contributed by atoms with Gasteiger partial charge in [-0.2, -0.15) is 4.80 Å². The zero-order valence-electron chi connectivity index (χ0n) is 17.0. The average molecular weight is 422 g/mol. The third kappa shape index (κ3) is 5.37. The predicted octanol–water partition coefficient (Wildman–Crippen LogP) is -2.98. The molecule has 1 saturated heterocycles. The summed E-state index contributed by atoms with van der Waals surface area (Å²) in [6.07, 6.45) is 0.560. The second-order valence-corrected chi connectivity index (χ2v) is 7.14. The van der Waals surface area contributed by atoms with Crippen LogP contribution in [0.3, 0.4) is 0 Å². The first-order valence-electron chi connectivity index (χ1n) is 9.68. The van der Waals surface area contributed by atoms with Crippen molar-refractivity contribution in [2.24, 2.45) is 7.05 Å². The Kier molecular flexibility index (Phi) is 7.07. The van der Waals surface area contributed by atoms with Crippen LogP contribution in [0.4, 0.5) is 0 Å². The van der Waals surface area contributed by atoms with Crippen molar-refractivity contribution < 1.29 is 14.6 Å². The molecule has 30 heavy (non-hydrogen) atoms. The first-order valence-corrected chi connectivity index (χ1v) is 9.68. The molecule has 1 atom stereocenters. The number of aliphatic hydroxyl groups is 1. The van der Waals surface area contributed by atoms with Crippen LogP contribution in [0.15, 0.2) is 15.8 Å². The molecule has 1 aliphatic rings. The smallest absolute Gasteiger partial charge is 0.331 e. The molecule has 13 heteroatoms. The Morgan fingerprint density at radius 3 is 2.77 bits per heavy atom. The molecule has 1 fully saturated rings. The van der Waals surface area contributed by atoms with E-state index in [4.69, 9.17) is 4.74 Å². The molecule has 3 rings (SSSR count). The van der Waals surface area contributed by atoms with Crippen molar-refractivity contribution in [1.82, 2.24) is 39.6 Å². The van der Waals surface area contributed by atoms with E-state index in [1.54, 1.807) is 6.92 Å². The molecule has 0 spiro atoms. The second kappa shape index (κ2) is 9.73. The molecule has 13 nitrogen and oxygen atoms in total. The summed E-state index contributed by atoms with van der Waals surface area (Å²) in [7, 11) is 1.31. The van der Waals surface area contributed by atoms with Crippen LogP contribution in [0, 0.1) is 0 Å². The van der Waals surface area contributed by atoms with Gasteiger partial charge in [0, 0.05) is 39.4 Å². The molecule has 164 valence electrons. The zero-order valence-corrected chi connectivity index (χ0v) is 17.0. The summed E-state index contributed by atoms with van der Waals surface area (Å²) < 4.78 is 7.34. The van der Waals surface area contributed by atoms with Gasteiger partial charge < -0.3 is 15.2 Å². The number of carbonyl (C=O) groups excluding carboxylic acids is 1. The largest absolute Gasteiger partial charge is 0.391 e. The quantitative estimate of drug-likeness (QED) is 0.454. The monoisotopic (exact) mass is 422 g/mol. The number of morpholine rings is 1. The summed E-state index contributed by atoms with van der Waals surface area (Å²) in [6, 6.07) is 0. The minimum atomic E-state index is -0.675. The Morgan fingerprint density at radius 2 is 2.07 bits per heavy atom. The summed E-state index contributed by atoms with van der Waals surface area (Å²) in [5, 5.41) is 23.8. The molecular formula is C17H26N8O5. The van der Waals surface area contributed by atoms with Gasteiger partial charge in [0.05, 0.1) is 32.4 Å². The highest BCUT2D eigenvalue weighted by Crippen LogP contribution is 1.97. The highest BCUT2D eigenvalue weighted by atomic mass is 16.5. The Morgan fingerprint density at radius 1 is 1.33 bits per heavy atom. The number of amides is 1. The molecule has 3 heterocycles. The van der Waals surface area contributed by atoms with Crippen LogP contribution in [0.25, 0.3) is 0 Å². The normalized spacial score (nSPS) is 15.8. The number of carbonyl (C=O) groups is 1. The molecule has 0 bridgehead atoms. The summed E-state index contributed by atoms with van der Waals surface area (Å²) >= 11 is 0. The van der Waals surface area contributed by atoms with Gasteiger partial charge in [-0.1, -0.05) is 0 Å². The van der Waals surface area contributed by atoms with Crippen LogP contribution in [-0.4, -0.2) is 90.8 Å². The molecule has 1 aliphatic heterocycles. The SMILES string of the molecule is C[C@@H](O)Cn1nnc(Cn2cc(C(=O)NCCN3CCOCC3)c(=O)n(C)c2=O)n1. The van der Waals surface area contributed by atoms with Crippen molar-refractivity contribution in [3.8, 4) is 0 Å². The van der Waals surface area contributed by atoms with E-state index in [9.17, 15) is 19.5 Å². The molecule has 0 unspecified atom stereocenters. The lowest BCUT2D eigenvalue weighted by molar-refractivity contribution is 0.0383. The number of aliphatic hydroxyl groups excluding tert-OH is 1. The molecular weight excluding hydrogens is 396 g/mol. The Bertz CT molecular complexity index is 989. The van der Waals surface area contributed by atoms with E-state index in [0.29, 0.717) is 26.3 Å². The standard InChI is InChI=1S/C17H26N8O5/c1-12(26)9-25-20-14(19-21-25)11-24-10-13(16(28)22(2)17(24)29)15(27)18-3-4-23-5-7-30-8-6-23/h10,12,26H,3-9,11H2,1-2H3,(H,18,27)/t12-/m1/s1. The Balaban J connectivity index is 1.71. The third-order valence-corrected chi connectivity index (χ3v) is 4.65. The van der Waals surface area contributed by atoms with E-state index in [-0.39, 0.29) is 24.5 Å². The lowest BCUT2D eigenvalue weighted by Gasteiger charge is -2.26. The van der Waals surface area contributed by atoms with Gasteiger partial charge in [-0.3, -0.25) is 23.6 Å². The van der Waals surface area contributed by atoms with Crippen molar-refractivity contribution in [1.29, 1.82) is 0 Å². The minimum absolute atomic E-state index is 0.0686. The maximum Gasteiger partial charge on any atom is 0.331 e. The molecule has 0 radical (unpaired) electrons. The lowest BCUT2D eigenvalue weighted by Crippen LogP contribution is -2.45. The maximum absolute atomic E-state index is 12.5. The van der Waals surface area contributed by atoms with Gasteiger partial charge in [0.2, 0.25) is 0 Å². The first kappa shape index (κ1) is 21.8. The highest BCUT2D eigenvalue weighted by Gasteiger charge is 2.18. The van der Waals surface area contributed by atoms with Crippen molar-refractivity contribution in [2.45, 2.75) is 26.1 Å². The molecule has 0 aliphatic carbocycles. The first-order chi connectivity index (χ1) is 14.3. The van der Waals surface area contributed by atoms with E-state index in [1.807, 2.05) is 0 Å². The fourth-order valence-electron chi connectivity index (χ4n) is 3.05. The number of tetrazole rings is 1. The van der Waals surface area contributed by atoms with Gasteiger partial charge >= 0.3 is 5.69 Å². The molecule has 2 N–H and O–H groups in total. The van der Waals surface area contributed by atoms with Crippen LogP contribution in [0.5, 0.6) is 0 Å². The van der Waals surface area contributed by atoms with Crippen LogP contribution >= 0.6 is 0 Å². The molecule has 0 aromatic carbocycles.